The predicted molar refractivity (Wildman–Crippen MR) is 87.5 cm³/mol. The second-order valence-electron chi connectivity index (χ2n) is 4.05. The van der Waals surface area contributed by atoms with Crippen LogP contribution in [0.2, 0.25) is 10.0 Å². The highest BCUT2D eigenvalue weighted by atomic mass is 35.5. The molecular weight excluding hydrogens is 329 g/mol. The molecule has 0 aliphatic rings. The molecule has 0 spiro atoms. The number of aromatic nitrogens is 1. The largest absolute Gasteiger partial charge is 0.463 e. The summed E-state index contributed by atoms with van der Waals surface area (Å²) in [6.07, 6.45) is 3.17. The lowest BCUT2D eigenvalue weighted by molar-refractivity contribution is 0.560. The van der Waals surface area contributed by atoms with Crippen molar-refractivity contribution in [3.63, 3.8) is 0 Å². The van der Waals surface area contributed by atoms with Crippen molar-refractivity contribution in [3.05, 3.63) is 57.8 Å². The highest BCUT2D eigenvalue weighted by Crippen LogP contribution is 2.30. The molecule has 0 radical (unpaired) electrons. The van der Waals surface area contributed by atoms with Crippen molar-refractivity contribution in [2.24, 2.45) is 5.10 Å². The fraction of sp³-hybridized carbons (Fsp3) is 0. The Hall–Kier alpha value is -1.82. The molecule has 21 heavy (non-hydrogen) atoms. The van der Waals surface area contributed by atoms with E-state index in [1.807, 2.05) is 17.5 Å². The number of benzene rings is 1. The SMILES string of the molecule is Clc1ccc(-c2csc(N/N=C\c3ccco3)n2)cc1Cl. The third-order valence-electron chi connectivity index (χ3n) is 2.61. The van der Waals surface area contributed by atoms with Gasteiger partial charge in [-0.2, -0.15) is 5.10 Å². The number of anilines is 1. The molecule has 0 saturated carbocycles. The Morgan fingerprint density at radius 1 is 1.24 bits per heavy atom. The zero-order chi connectivity index (χ0) is 14.7. The van der Waals surface area contributed by atoms with Gasteiger partial charge in [-0.15, -0.1) is 11.3 Å². The Kier molecular flexibility index (Phi) is 4.24. The molecular formula is C14H9Cl2N3OS. The summed E-state index contributed by atoms with van der Waals surface area (Å²) in [4.78, 5) is 4.43. The molecule has 7 heteroatoms. The highest BCUT2D eigenvalue weighted by molar-refractivity contribution is 7.14. The van der Waals surface area contributed by atoms with Gasteiger partial charge in [-0.05, 0) is 24.3 Å². The minimum atomic E-state index is 0.507. The third-order valence-corrected chi connectivity index (χ3v) is 4.10. The minimum absolute atomic E-state index is 0.507. The molecule has 1 N–H and O–H groups in total. The van der Waals surface area contributed by atoms with Crippen molar-refractivity contribution in [1.29, 1.82) is 0 Å². The van der Waals surface area contributed by atoms with Crippen LogP contribution < -0.4 is 5.43 Å². The van der Waals surface area contributed by atoms with E-state index in [1.165, 1.54) is 11.3 Å². The number of thiazole rings is 1. The molecule has 3 aromatic rings. The summed E-state index contributed by atoms with van der Waals surface area (Å²) in [7, 11) is 0. The van der Waals surface area contributed by atoms with Crippen molar-refractivity contribution in [1.82, 2.24) is 4.98 Å². The summed E-state index contributed by atoms with van der Waals surface area (Å²) in [5.74, 6) is 0.670. The first kappa shape index (κ1) is 14.1. The lowest BCUT2D eigenvalue weighted by Gasteiger charge is -1.99. The second-order valence-corrected chi connectivity index (χ2v) is 5.72. The van der Waals surface area contributed by atoms with Crippen LogP contribution >= 0.6 is 34.5 Å². The lowest BCUT2D eigenvalue weighted by Crippen LogP contribution is -1.89. The lowest BCUT2D eigenvalue weighted by atomic mass is 10.2. The summed E-state index contributed by atoms with van der Waals surface area (Å²) < 4.78 is 5.14. The Morgan fingerprint density at radius 2 is 2.14 bits per heavy atom. The standard InChI is InChI=1S/C14H9Cl2N3OS/c15-11-4-3-9(6-12(11)16)13-8-21-14(18-13)19-17-7-10-2-1-5-20-10/h1-8H,(H,18,19)/b17-7-. The molecule has 0 amide bonds. The maximum atomic E-state index is 6.01. The highest BCUT2D eigenvalue weighted by Gasteiger charge is 2.06. The molecule has 0 bridgehead atoms. The van der Waals surface area contributed by atoms with Gasteiger partial charge in [0.25, 0.3) is 0 Å². The van der Waals surface area contributed by atoms with Crippen molar-refractivity contribution >= 4 is 45.9 Å². The first-order chi connectivity index (χ1) is 10.2. The van der Waals surface area contributed by atoms with Gasteiger partial charge in [0, 0.05) is 10.9 Å². The van der Waals surface area contributed by atoms with E-state index in [0.717, 1.165) is 11.3 Å². The Balaban J connectivity index is 1.72. The van der Waals surface area contributed by atoms with E-state index >= 15 is 0 Å². The fourth-order valence-electron chi connectivity index (χ4n) is 1.63. The average molecular weight is 338 g/mol. The van der Waals surface area contributed by atoms with Gasteiger partial charge in [0.15, 0.2) is 0 Å². The van der Waals surface area contributed by atoms with Crippen LogP contribution in [0, 0.1) is 0 Å². The number of rotatable bonds is 4. The van der Waals surface area contributed by atoms with Crippen LogP contribution in [0.15, 0.2) is 51.5 Å². The van der Waals surface area contributed by atoms with Gasteiger partial charge >= 0.3 is 0 Å². The average Bonchev–Trinajstić information content (AvgIpc) is 3.13. The van der Waals surface area contributed by atoms with Gasteiger partial charge in [-0.25, -0.2) is 4.98 Å². The Morgan fingerprint density at radius 3 is 2.90 bits per heavy atom. The van der Waals surface area contributed by atoms with Crippen LogP contribution in [-0.4, -0.2) is 11.2 Å². The maximum absolute atomic E-state index is 6.01. The second kappa shape index (κ2) is 6.30. The Bertz CT molecular complexity index is 768. The van der Waals surface area contributed by atoms with Gasteiger partial charge in [-0.1, -0.05) is 29.3 Å². The van der Waals surface area contributed by atoms with Crippen LogP contribution in [0.3, 0.4) is 0 Å². The van der Waals surface area contributed by atoms with Crippen LogP contribution in [0.5, 0.6) is 0 Å². The van der Waals surface area contributed by atoms with E-state index in [1.54, 1.807) is 30.7 Å². The topological polar surface area (TPSA) is 50.4 Å². The molecule has 0 unspecified atom stereocenters. The van der Waals surface area contributed by atoms with Gasteiger partial charge in [0.1, 0.15) is 5.76 Å². The number of furan rings is 1. The summed E-state index contributed by atoms with van der Waals surface area (Å²) in [6.45, 7) is 0. The molecule has 2 heterocycles. The number of hydrogen-bond donors (Lipinski definition) is 1. The number of nitrogens with one attached hydrogen (secondary N) is 1. The van der Waals surface area contributed by atoms with Crippen LogP contribution in [0.25, 0.3) is 11.3 Å². The zero-order valence-corrected chi connectivity index (χ0v) is 12.9. The molecule has 3 rings (SSSR count). The van der Waals surface area contributed by atoms with E-state index in [2.05, 4.69) is 15.5 Å². The first-order valence-corrected chi connectivity index (χ1v) is 7.59. The zero-order valence-electron chi connectivity index (χ0n) is 10.6. The number of hydrogen-bond acceptors (Lipinski definition) is 5. The monoisotopic (exact) mass is 337 g/mol. The molecule has 0 fully saturated rings. The van der Waals surface area contributed by atoms with E-state index in [9.17, 15) is 0 Å². The van der Waals surface area contributed by atoms with Gasteiger partial charge < -0.3 is 4.42 Å². The minimum Gasteiger partial charge on any atom is -0.463 e. The molecule has 106 valence electrons. The van der Waals surface area contributed by atoms with Crippen molar-refractivity contribution in [2.75, 3.05) is 5.43 Å². The molecule has 2 aromatic heterocycles. The quantitative estimate of drug-likeness (QED) is 0.528. The number of nitrogens with zero attached hydrogens (tertiary/aromatic N) is 2. The summed E-state index contributed by atoms with van der Waals surface area (Å²) in [5, 5.41) is 7.69. The van der Waals surface area contributed by atoms with E-state index in [-0.39, 0.29) is 0 Å². The molecule has 0 atom stereocenters. The van der Waals surface area contributed by atoms with Crippen LogP contribution in [0.1, 0.15) is 5.76 Å². The smallest absolute Gasteiger partial charge is 0.203 e. The fourth-order valence-corrected chi connectivity index (χ4v) is 2.60. The predicted octanol–water partition coefficient (Wildman–Crippen LogP) is 5.16. The Labute approximate surface area is 135 Å². The summed E-state index contributed by atoms with van der Waals surface area (Å²) >= 11 is 13.4. The molecule has 0 aliphatic carbocycles. The van der Waals surface area contributed by atoms with Crippen molar-refractivity contribution in [2.45, 2.75) is 0 Å². The van der Waals surface area contributed by atoms with Crippen molar-refractivity contribution < 1.29 is 4.42 Å². The maximum Gasteiger partial charge on any atom is 0.203 e. The van der Waals surface area contributed by atoms with E-state index < -0.39 is 0 Å². The van der Waals surface area contributed by atoms with Crippen LogP contribution in [0.4, 0.5) is 5.13 Å². The van der Waals surface area contributed by atoms with E-state index in [4.69, 9.17) is 27.6 Å². The number of halogens is 2. The van der Waals surface area contributed by atoms with Crippen LogP contribution in [-0.2, 0) is 0 Å². The van der Waals surface area contributed by atoms with Crippen molar-refractivity contribution in [3.8, 4) is 11.3 Å². The normalized spacial score (nSPS) is 11.1. The number of hydrazone groups is 1. The third kappa shape index (κ3) is 3.44. The molecule has 0 saturated heterocycles. The summed E-state index contributed by atoms with van der Waals surface area (Å²) in [5.41, 5.74) is 4.58. The first-order valence-electron chi connectivity index (χ1n) is 5.96. The molecule has 1 aromatic carbocycles. The molecule has 0 aliphatic heterocycles. The van der Waals surface area contributed by atoms with Gasteiger partial charge in [0.2, 0.25) is 5.13 Å². The molecule has 4 nitrogen and oxygen atoms in total. The van der Waals surface area contributed by atoms with Gasteiger partial charge in [0.05, 0.1) is 28.2 Å². The van der Waals surface area contributed by atoms with E-state index in [0.29, 0.717) is 20.9 Å². The summed E-state index contributed by atoms with van der Waals surface area (Å²) in [6, 6.07) is 9.02. The van der Waals surface area contributed by atoms with Gasteiger partial charge in [-0.3, -0.25) is 5.43 Å².